The van der Waals surface area contributed by atoms with Crippen LogP contribution in [0.2, 0.25) is 0 Å². The summed E-state index contributed by atoms with van der Waals surface area (Å²) in [6.07, 6.45) is 1.84. The van der Waals surface area contributed by atoms with Gasteiger partial charge in [-0.25, -0.2) is 22.9 Å². The Kier molecular flexibility index (Phi) is 7.36. The molecule has 12 nitrogen and oxygen atoms in total. The van der Waals surface area contributed by atoms with E-state index >= 15 is 0 Å². The molecule has 1 aromatic heterocycles. The van der Waals surface area contributed by atoms with Crippen molar-refractivity contribution < 1.29 is 28.0 Å². The molecule has 194 valence electrons. The molecule has 3 aromatic rings. The number of aromatic nitrogens is 3. The van der Waals surface area contributed by atoms with E-state index in [-0.39, 0.29) is 29.3 Å². The van der Waals surface area contributed by atoms with Crippen LogP contribution in [0.3, 0.4) is 0 Å². The molecule has 37 heavy (non-hydrogen) atoms. The summed E-state index contributed by atoms with van der Waals surface area (Å²) in [6.45, 7) is 3.82. The van der Waals surface area contributed by atoms with E-state index in [0.717, 1.165) is 9.87 Å². The Morgan fingerprint density at radius 1 is 1.03 bits per heavy atom. The lowest BCUT2D eigenvalue weighted by Gasteiger charge is -2.17. The topological polar surface area (TPSA) is 164 Å². The van der Waals surface area contributed by atoms with Crippen molar-refractivity contribution in [3.05, 3.63) is 71.5 Å². The normalized spacial score (nSPS) is 14.9. The zero-order valence-electron chi connectivity index (χ0n) is 20.2. The third-order valence-electron chi connectivity index (χ3n) is 5.82. The fraction of sp³-hybridized carbons (Fsp3) is 0.292. The van der Waals surface area contributed by atoms with E-state index in [2.05, 4.69) is 15.6 Å². The number of fused-ring (bicyclic) bond motifs is 1. The maximum absolute atomic E-state index is 12.7. The van der Waals surface area contributed by atoms with E-state index in [1.54, 1.807) is 42.6 Å². The van der Waals surface area contributed by atoms with Crippen LogP contribution in [-0.2, 0) is 32.7 Å². The Labute approximate surface area is 213 Å². The number of rotatable bonds is 9. The molecule has 2 aromatic carbocycles. The van der Waals surface area contributed by atoms with Gasteiger partial charge in [0.15, 0.2) is 0 Å². The lowest BCUT2D eigenvalue weighted by Crippen LogP contribution is -2.37. The number of anilines is 1. The van der Waals surface area contributed by atoms with Gasteiger partial charge in [0.25, 0.3) is 21.8 Å². The van der Waals surface area contributed by atoms with Gasteiger partial charge in [-0.1, -0.05) is 43.3 Å². The number of nitrogens with zero attached hydrogens (tertiary/aromatic N) is 4. The third kappa shape index (κ3) is 5.52. The van der Waals surface area contributed by atoms with Crippen LogP contribution < -0.4 is 10.8 Å². The third-order valence-corrected chi connectivity index (χ3v) is 7.61. The molecule has 1 atom stereocenters. The van der Waals surface area contributed by atoms with Crippen molar-refractivity contribution in [1.29, 1.82) is 0 Å². The number of hydroxylamine groups is 1. The van der Waals surface area contributed by atoms with E-state index in [1.165, 1.54) is 22.3 Å². The molecule has 1 unspecified atom stereocenters. The van der Waals surface area contributed by atoms with Gasteiger partial charge in [-0.3, -0.25) is 19.6 Å². The molecule has 13 heteroatoms. The minimum absolute atomic E-state index is 0.0212. The van der Waals surface area contributed by atoms with Gasteiger partial charge in [0, 0.05) is 5.69 Å². The number of carbonyl (C=O) groups is 3. The summed E-state index contributed by atoms with van der Waals surface area (Å²) in [5.41, 5.74) is 3.28. The van der Waals surface area contributed by atoms with Crippen LogP contribution in [-0.4, -0.2) is 50.6 Å². The summed E-state index contributed by atoms with van der Waals surface area (Å²) >= 11 is 0. The minimum Gasteiger partial charge on any atom is -0.325 e. The van der Waals surface area contributed by atoms with E-state index in [4.69, 9.17) is 5.21 Å². The highest BCUT2D eigenvalue weighted by Gasteiger charge is 2.41. The molecule has 0 spiro atoms. The molecular formula is C24H26N6O6S. The van der Waals surface area contributed by atoms with Crippen molar-refractivity contribution in [2.75, 3.05) is 5.32 Å². The smallest absolute Gasteiger partial charge is 0.269 e. The van der Waals surface area contributed by atoms with E-state index in [0.29, 0.717) is 17.9 Å². The molecule has 0 aliphatic carbocycles. The van der Waals surface area contributed by atoms with Crippen molar-refractivity contribution in [3.8, 4) is 0 Å². The maximum Gasteiger partial charge on any atom is 0.269 e. The summed E-state index contributed by atoms with van der Waals surface area (Å²) < 4.78 is 27.8. The molecule has 4 rings (SSSR count). The zero-order chi connectivity index (χ0) is 26.7. The number of benzene rings is 2. The predicted molar refractivity (Wildman–Crippen MR) is 131 cm³/mol. The molecular weight excluding hydrogens is 500 g/mol. The number of hydrogen-bond acceptors (Lipinski definition) is 8. The van der Waals surface area contributed by atoms with Gasteiger partial charge in [0.1, 0.15) is 16.5 Å². The molecule has 1 aliphatic rings. The van der Waals surface area contributed by atoms with Crippen LogP contribution in [0, 0.1) is 11.8 Å². The Hall–Kier alpha value is -4.10. The average molecular weight is 527 g/mol. The second-order valence-corrected chi connectivity index (χ2v) is 10.9. The number of hydrogen-bond donors (Lipinski definition) is 3. The van der Waals surface area contributed by atoms with Crippen molar-refractivity contribution in [3.63, 3.8) is 0 Å². The second kappa shape index (κ2) is 10.5. The van der Waals surface area contributed by atoms with Gasteiger partial charge >= 0.3 is 0 Å². The van der Waals surface area contributed by atoms with Gasteiger partial charge in [-0.2, -0.15) is 0 Å². The Morgan fingerprint density at radius 2 is 1.73 bits per heavy atom. The number of nitrogens with one attached hydrogen (secondary N) is 2. The highest BCUT2D eigenvalue weighted by atomic mass is 32.2. The summed E-state index contributed by atoms with van der Waals surface area (Å²) in [6, 6.07) is 12.9. The molecule has 0 fully saturated rings. The van der Waals surface area contributed by atoms with Gasteiger partial charge in [0.05, 0.1) is 24.8 Å². The van der Waals surface area contributed by atoms with Crippen LogP contribution in [0.5, 0.6) is 0 Å². The van der Waals surface area contributed by atoms with Crippen molar-refractivity contribution in [1.82, 2.24) is 24.8 Å². The average Bonchev–Trinajstić information content (AvgIpc) is 3.39. The summed E-state index contributed by atoms with van der Waals surface area (Å²) in [5.74, 6) is -2.85. The van der Waals surface area contributed by atoms with Crippen LogP contribution in [0.15, 0.2) is 59.6 Å². The minimum atomic E-state index is -3.95. The maximum atomic E-state index is 12.7. The second-order valence-electron chi connectivity index (χ2n) is 9.06. The fourth-order valence-corrected chi connectivity index (χ4v) is 5.56. The first kappa shape index (κ1) is 26.0. The largest absolute Gasteiger partial charge is 0.325 e. The number of amides is 3. The lowest BCUT2D eigenvalue weighted by atomic mass is 9.95. The van der Waals surface area contributed by atoms with Crippen LogP contribution in [0.1, 0.15) is 41.9 Å². The summed E-state index contributed by atoms with van der Waals surface area (Å²) in [4.78, 5) is 37.0. The number of carbonyl (C=O) groups excluding carboxylic acids is 3. The SMILES string of the molecule is CC(C)CC(C(=O)NO)C(=O)Nc1ccc(Cn2cc(CN3C(=O)c4ccccc4S3(=O)=O)nn2)cc1. The van der Waals surface area contributed by atoms with Crippen molar-refractivity contribution >= 4 is 33.4 Å². The van der Waals surface area contributed by atoms with Crippen molar-refractivity contribution in [2.24, 2.45) is 11.8 Å². The van der Waals surface area contributed by atoms with Gasteiger partial charge in [0.2, 0.25) is 5.91 Å². The van der Waals surface area contributed by atoms with Gasteiger partial charge in [-0.05, 0) is 42.2 Å². The molecule has 2 heterocycles. The molecule has 0 saturated carbocycles. The van der Waals surface area contributed by atoms with Gasteiger partial charge < -0.3 is 5.32 Å². The predicted octanol–water partition coefficient (Wildman–Crippen LogP) is 1.78. The van der Waals surface area contributed by atoms with E-state index < -0.39 is 33.7 Å². The first-order chi connectivity index (χ1) is 17.6. The molecule has 0 bridgehead atoms. The first-order valence-electron chi connectivity index (χ1n) is 11.5. The highest BCUT2D eigenvalue weighted by Crippen LogP contribution is 2.31. The summed E-state index contributed by atoms with van der Waals surface area (Å²) in [5, 5.41) is 19.6. The quantitative estimate of drug-likeness (QED) is 0.216. The molecule has 3 amide bonds. The van der Waals surface area contributed by atoms with E-state index in [1.807, 2.05) is 13.8 Å². The molecule has 0 radical (unpaired) electrons. The molecule has 0 saturated heterocycles. The Morgan fingerprint density at radius 3 is 2.38 bits per heavy atom. The summed E-state index contributed by atoms with van der Waals surface area (Å²) in [7, 11) is -3.95. The first-order valence-corrected chi connectivity index (χ1v) is 12.9. The standard InChI is InChI=1S/C24H26N6O6S/c1-15(2)11-20(23(32)27-34)22(31)25-17-9-7-16(8-10-17)12-29-13-18(26-28-29)14-30-24(33)19-5-3-4-6-21(19)37(30,35)36/h3-10,13,15,20,34H,11-12,14H2,1-2H3,(H,25,31)(H,27,32). The van der Waals surface area contributed by atoms with Crippen molar-refractivity contribution in [2.45, 2.75) is 38.3 Å². The Bertz CT molecular complexity index is 1430. The van der Waals surface area contributed by atoms with Gasteiger partial charge in [-0.15, -0.1) is 5.10 Å². The molecule has 1 aliphatic heterocycles. The fourth-order valence-electron chi connectivity index (χ4n) is 4.02. The highest BCUT2D eigenvalue weighted by molar-refractivity contribution is 7.90. The van der Waals surface area contributed by atoms with E-state index in [9.17, 15) is 22.8 Å². The number of sulfonamides is 1. The Balaban J connectivity index is 1.39. The molecule has 3 N–H and O–H groups in total. The lowest BCUT2D eigenvalue weighted by molar-refractivity contribution is -0.139. The van der Waals surface area contributed by atoms with Crippen LogP contribution in [0.25, 0.3) is 0 Å². The zero-order valence-corrected chi connectivity index (χ0v) is 21.0. The monoisotopic (exact) mass is 526 g/mol. The van der Waals surface area contributed by atoms with Crippen LogP contribution >= 0.6 is 0 Å². The van der Waals surface area contributed by atoms with Crippen LogP contribution in [0.4, 0.5) is 5.69 Å².